The highest BCUT2D eigenvalue weighted by atomic mass is 19.1. The molecule has 0 spiro atoms. The molecule has 1 aromatic rings. The zero-order valence-electron chi connectivity index (χ0n) is 11.6. The van der Waals surface area contributed by atoms with Crippen LogP contribution in [0.3, 0.4) is 0 Å². The van der Waals surface area contributed by atoms with E-state index in [-0.39, 0.29) is 29.6 Å². The zero-order valence-corrected chi connectivity index (χ0v) is 11.6. The van der Waals surface area contributed by atoms with Crippen molar-refractivity contribution in [2.24, 2.45) is 11.8 Å². The van der Waals surface area contributed by atoms with Crippen molar-refractivity contribution in [1.29, 1.82) is 0 Å². The summed E-state index contributed by atoms with van der Waals surface area (Å²) in [6.45, 7) is 0.848. The minimum atomic E-state index is -0.615. The fourth-order valence-corrected chi connectivity index (χ4v) is 2.88. The molecule has 1 aliphatic heterocycles. The Kier molecular flexibility index (Phi) is 3.39. The number of benzene rings is 1. The van der Waals surface area contributed by atoms with Gasteiger partial charge in [0.25, 0.3) is 0 Å². The summed E-state index contributed by atoms with van der Waals surface area (Å²) < 4.78 is 26.5. The van der Waals surface area contributed by atoms with Gasteiger partial charge in [-0.2, -0.15) is 0 Å². The quantitative estimate of drug-likeness (QED) is 0.913. The average Bonchev–Trinajstić information content (AvgIpc) is 3.16. The Balaban J connectivity index is 1.59. The van der Waals surface area contributed by atoms with Gasteiger partial charge in [-0.05, 0) is 24.0 Å². The molecule has 2 amide bonds. The van der Waals surface area contributed by atoms with Gasteiger partial charge in [0.05, 0.1) is 5.92 Å². The van der Waals surface area contributed by atoms with E-state index in [1.165, 1.54) is 12.1 Å². The summed E-state index contributed by atoms with van der Waals surface area (Å²) in [5.74, 6) is -1.86. The average molecular weight is 294 g/mol. The van der Waals surface area contributed by atoms with Crippen molar-refractivity contribution in [3.05, 3.63) is 35.4 Å². The standard InChI is InChI=1S/C15H16F2N2O2/c1-18-14(20)8-6-19(7-8)15(21)12-5-11(12)10-3-2-9(16)4-13(10)17/h2-4,8,11-12H,5-7H2,1H3,(H,18,20). The molecule has 2 aliphatic rings. The van der Waals surface area contributed by atoms with Crippen LogP contribution in [0.2, 0.25) is 0 Å². The summed E-state index contributed by atoms with van der Waals surface area (Å²) in [5.41, 5.74) is 0.401. The summed E-state index contributed by atoms with van der Waals surface area (Å²) in [6.07, 6.45) is 0.586. The Hall–Kier alpha value is -1.98. The normalized spacial score (nSPS) is 24.4. The van der Waals surface area contributed by atoms with Crippen LogP contribution in [0.5, 0.6) is 0 Å². The molecule has 1 saturated heterocycles. The van der Waals surface area contributed by atoms with E-state index in [4.69, 9.17) is 0 Å². The lowest BCUT2D eigenvalue weighted by molar-refractivity contribution is -0.143. The van der Waals surface area contributed by atoms with Crippen LogP contribution in [-0.2, 0) is 9.59 Å². The van der Waals surface area contributed by atoms with Crippen molar-refractivity contribution in [1.82, 2.24) is 10.2 Å². The van der Waals surface area contributed by atoms with Gasteiger partial charge in [-0.25, -0.2) is 8.78 Å². The van der Waals surface area contributed by atoms with Crippen molar-refractivity contribution in [3.8, 4) is 0 Å². The van der Waals surface area contributed by atoms with E-state index < -0.39 is 11.6 Å². The summed E-state index contributed by atoms with van der Waals surface area (Å²) in [5, 5.41) is 2.56. The molecule has 1 saturated carbocycles. The van der Waals surface area contributed by atoms with Gasteiger partial charge in [-0.1, -0.05) is 6.07 Å². The second kappa shape index (κ2) is 5.09. The molecule has 6 heteroatoms. The number of likely N-dealkylation sites (tertiary alicyclic amines) is 1. The van der Waals surface area contributed by atoms with E-state index in [9.17, 15) is 18.4 Å². The van der Waals surface area contributed by atoms with Gasteiger partial charge < -0.3 is 10.2 Å². The Bertz CT molecular complexity index is 599. The van der Waals surface area contributed by atoms with Crippen LogP contribution in [0.25, 0.3) is 0 Å². The van der Waals surface area contributed by atoms with Gasteiger partial charge >= 0.3 is 0 Å². The third-order valence-electron chi connectivity index (χ3n) is 4.28. The first-order chi connectivity index (χ1) is 10.0. The molecule has 1 N–H and O–H groups in total. The number of nitrogens with zero attached hydrogens (tertiary/aromatic N) is 1. The maximum atomic E-state index is 13.7. The SMILES string of the molecule is CNC(=O)C1CN(C(=O)C2CC2c2ccc(F)cc2F)C1. The van der Waals surface area contributed by atoms with Crippen LogP contribution in [0, 0.1) is 23.5 Å². The van der Waals surface area contributed by atoms with Crippen molar-refractivity contribution >= 4 is 11.8 Å². The second-order valence-electron chi connectivity index (χ2n) is 5.67. The molecule has 2 fully saturated rings. The molecule has 1 aliphatic carbocycles. The monoisotopic (exact) mass is 294 g/mol. The summed E-state index contributed by atoms with van der Waals surface area (Å²) in [6, 6.07) is 3.47. The van der Waals surface area contributed by atoms with E-state index in [1.807, 2.05) is 0 Å². The Labute approximate surface area is 121 Å². The molecule has 2 atom stereocenters. The van der Waals surface area contributed by atoms with Crippen LogP contribution in [0.4, 0.5) is 8.78 Å². The number of carbonyl (C=O) groups is 2. The molecule has 21 heavy (non-hydrogen) atoms. The third kappa shape index (κ3) is 2.50. The molecule has 1 heterocycles. The van der Waals surface area contributed by atoms with Crippen LogP contribution in [0.15, 0.2) is 18.2 Å². The second-order valence-corrected chi connectivity index (χ2v) is 5.67. The Morgan fingerprint density at radius 1 is 1.29 bits per heavy atom. The lowest BCUT2D eigenvalue weighted by Gasteiger charge is -2.38. The summed E-state index contributed by atoms with van der Waals surface area (Å²) >= 11 is 0. The highest BCUT2D eigenvalue weighted by Gasteiger charge is 2.49. The number of hydrogen-bond donors (Lipinski definition) is 1. The van der Waals surface area contributed by atoms with Crippen molar-refractivity contribution in [2.75, 3.05) is 20.1 Å². The largest absolute Gasteiger partial charge is 0.359 e. The highest BCUT2D eigenvalue weighted by molar-refractivity contribution is 5.87. The lowest BCUT2D eigenvalue weighted by Crippen LogP contribution is -2.55. The first kappa shape index (κ1) is 14.0. The van der Waals surface area contributed by atoms with E-state index >= 15 is 0 Å². The minimum absolute atomic E-state index is 0.0381. The van der Waals surface area contributed by atoms with Gasteiger partial charge in [-0.3, -0.25) is 9.59 Å². The molecule has 0 aromatic heterocycles. The molecule has 0 radical (unpaired) electrons. The fraction of sp³-hybridized carbons (Fsp3) is 0.467. The molecule has 112 valence electrons. The molecule has 2 unspecified atom stereocenters. The molecule has 3 rings (SSSR count). The van der Waals surface area contributed by atoms with E-state index in [2.05, 4.69) is 5.32 Å². The van der Waals surface area contributed by atoms with Gasteiger partial charge in [0.15, 0.2) is 0 Å². The molecule has 1 aromatic carbocycles. The predicted octanol–water partition coefficient (Wildman–Crippen LogP) is 1.27. The first-order valence-corrected chi connectivity index (χ1v) is 6.96. The van der Waals surface area contributed by atoms with Crippen molar-refractivity contribution < 1.29 is 18.4 Å². The highest BCUT2D eigenvalue weighted by Crippen LogP contribution is 2.49. The lowest BCUT2D eigenvalue weighted by atomic mass is 9.98. The van der Waals surface area contributed by atoms with Crippen LogP contribution in [0.1, 0.15) is 17.9 Å². The maximum Gasteiger partial charge on any atom is 0.226 e. The van der Waals surface area contributed by atoms with Crippen LogP contribution in [-0.4, -0.2) is 36.9 Å². The van der Waals surface area contributed by atoms with Crippen LogP contribution >= 0.6 is 0 Å². The van der Waals surface area contributed by atoms with Crippen molar-refractivity contribution in [2.45, 2.75) is 12.3 Å². The summed E-state index contributed by atoms with van der Waals surface area (Å²) in [7, 11) is 1.57. The number of nitrogens with one attached hydrogen (secondary N) is 1. The number of halogens is 2. The summed E-state index contributed by atoms with van der Waals surface area (Å²) in [4.78, 5) is 25.2. The van der Waals surface area contributed by atoms with Crippen molar-refractivity contribution in [3.63, 3.8) is 0 Å². The molecular weight excluding hydrogens is 278 g/mol. The smallest absolute Gasteiger partial charge is 0.226 e. The van der Waals surface area contributed by atoms with E-state index in [1.54, 1.807) is 11.9 Å². The van der Waals surface area contributed by atoms with Gasteiger partial charge in [0, 0.05) is 32.1 Å². The Morgan fingerprint density at radius 2 is 2.00 bits per heavy atom. The first-order valence-electron chi connectivity index (χ1n) is 6.96. The number of amides is 2. The molecule has 0 bridgehead atoms. The number of hydrogen-bond acceptors (Lipinski definition) is 2. The van der Waals surface area contributed by atoms with Gasteiger partial charge in [0.2, 0.25) is 11.8 Å². The molecular formula is C15H16F2N2O2. The van der Waals surface area contributed by atoms with E-state index in [0.717, 1.165) is 6.07 Å². The predicted molar refractivity (Wildman–Crippen MR) is 71.3 cm³/mol. The number of carbonyl (C=O) groups excluding carboxylic acids is 2. The topological polar surface area (TPSA) is 49.4 Å². The third-order valence-corrected chi connectivity index (χ3v) is 4.28. The van der Waals surface area contributed by atoms with Crippen LogP contribution < -0.4 is 5.32 Å². The number of rotatable bonds is 3. The minimum Gasteiger partial charge on any atom is -0.359 e. The maximum absolute atomic E-state index is 13.7. The fourth-order valence-electron chi connectivity index (χ4n) is 2.88. The zero-order chi connectivity index (χ0) is 15.1. The Morgan fingerprint density at radius 3 is 2.62 bits per heavy atom. The van der Waals surface area contributed by atoms with E-state index in [0.29, 0.717) is 25.1 Å². The molecule has 4 nitrogen and oxygen atoms in total. The van der Waals surface area contributed by atoms with Gasteiger partial charge in [0.1, 0.15) is 11.6 Å². The van der Waals surface area contributed by atoms with Gasteiger partial charge in [-0.15, -0.1) is 0 Å².